The maximum atomic E-state index is 5.19. The van der Waals surface area contributed by atoms with Gasteiger partial charge in [-0.3, -0.25) is 0 Å². The van der Waals surface area contributed by atoms with E-state index in [-0.39, 0.29) is 0 Å². The standard InChI is InChI=1S/C7H7N2/c1-2-3-7-4-5-8-9-6-7/h1-2,4-6H,3H2. The molecule has 1 heterocycles. The zero-order valence-electron chi connectivity index (χ0n) is 4.99. The Kier molecular flexibility index (Phi) is 1.96. The Morgan fingerprint density at radius 2 is 2.44 bits per heavy atom. The summed E-state index contributed by atoms with van der Waals surface area (Å²) < 4.78 is 0. The first kappa shape index (κ1) is 5.95. The molecule has 9 heavy (non-hydrogen) atoms. The van der Waals surface area contributed by atoms with Crippen LogP contribution in [0.2, 0.25) is 0 Å². The van der Waals surface area contributed by atoms with Gasteiger partial charge >= 0.3 is 0 Å². The van der Waals surface area contributed by atoms with Crippen LogP contribution in [-0.4, -0.2) is 10.2 Å². The molecule has 45 valence electrons. The molecule has 0 spiro atoms. The van der Waals surface area contributed by atoms with Crippen molar-refractivity contribution in [2.45, 2.75) is 6.42 Å². The first-order valence-electron chi connectivity index (χ1n) is 2.72. The molecule has 0 bridgehead atoms. The van der Waals surface area contributed by atoms with Crippen LogP contribution in [0.25, 0.3) is 0 Å². The fourth-order valence-electron chi connectivity index (χ4n) is 0.575. The van der Waals surface area contributed by atoms with Crippen LogP contribution in [0.1, 0.15) is 5.56 Å². The second-order valence-corrected chi connectivity index (χ2v) is 1.69. The van der Waals surface area contributed by atoms with Gasteiger partial charge in [-0.2, -0.15) is 10.2 Å². The highest BCUT2D eigenvalue weighted by molar-refractivity contribution is 5.08. The summed E-state index contributed by atoms with van der Waals surface area (Å²) in [6.07, 6.45) is 5.70. The quantitative estimate of drug-likeness (QED) is 0.580. The Hall–Kier alpha value is -1.18. The van der Waals surface area contributed by atoms with Crippen LogP contribution in [0.3, 0.4) is 0 Å². The van der Waals surface area contributed by atoms with Crippen molar-refractivity contribution in [3.05, 3.63) is 36.7 Å². The fourth-order valence-corrected chi connectivity index (χ4v) is 0.575. The lowest BCUT2D eigenvalue weighted by Crippen LogP contribution is -1.83. The van der Waals surface area contributed by atoms with E-state index < -0.39 is 0 Å². The molecule has 2 nitrogen and oxygen atoms in total. The van der Waals surface area contributed by atoms with Gasteiger partial charge < -0.3 is 0 Å². The Bertz CT molecular complexity index is 181. The molecule has 0 aromatic carbocycles. The van der Waals surface area contributed by atoms with Crippen molar-refractivity contribution in [3.8, 4) is 0 Å². The van der Waals surface area contributed by atoms with Gasteiger partial charge in [0.25, 0.3) is 0 Å². The minimum atomic E-state index is 0.759. The Labute approximate surface area is 54.2 Å². The summed E-state index contributed by atoms with van der Waals surface area (Å²) in [6.45, 7) is 5.19. The van der Waals surface area contributed by atoms with Gasteiger partial charge in [0, 0.05) is 6.20 Å². The summed E-state index contributed by atoms with van der Waals surface area (Å²) >= 11 is 0. The van der Waals surface area contributed by atoms with Crippen molar-refractivity contribution in [2.75, 3.05) is 0 Å². The average molecular weight is 119 g/mol. The van der Waals surface area contributed by atoms with Crippen molar-refractivity contribution in [1.29, 1.82) is 0 Å². The van der Waals surface area contributed by atoms with E-state index in [0.29, 0.717) is 0 Å². The molecule has 2 heteroatoms. The topological polar surface area (TPSA) is 25.8 Å². The average Bonchev–Trinajstić information content (AvgIpc) is 1.91. The van der Waals surface area contributed by atoms with Crippen molar-refractivity contribution < 1.29 is 0 Å². The van der Waals surface area contributed by atoms with E-state index in [4.69, 9.17) is 6.58 Å². The molecule has 0 aliphatic carbocycles. The van der Waals surface area contributed by atoms with Gasteiger partial charge in [-0.25, -0.2) is 0 Å². The molecule has 1 radical (unpaired) electrons. The van der Waals surface area contributed by atoms with Gasteiger partial charge in [-0.1, -0.05) is 12.7 Å². The van der Waals surface area contributed by atoms with E-state index in [1.807, 2.05) is 6.07 Å². The summed E-state index contributed by atoms with van der Waals surface area (Å²) in [7, 11) is 0. The van der Waals surface area contributed by atoms with Crippen molar-refractivity contribution in [3.63, 3.8) is 0 Å². The first-order valence-corrected chi connectivity index (χ1v) is 2.72. The number of allylic oxidation sites excluding steroid dienone is 1. The maximum absolute atomic E-state index is 5.19. The monoisotopic (exact) mass is 119 g/mol. The van der Waals surface area contributed by atoms with Gasteiger partial charge in [0.2, 0.25) is 0 Å². The molecular weight excluding hydrogens is 112 g/mol. The van der Waals surface area contributed by atoms with Crippen LogP contribution in [-0.2, 0) is 6.42 Å². The third-order valence-corrected chi connectivity index (χ3v) is 0.999. The van der Waals surface area contributed by atoms with E-state index >= 15 is 0 Å². The van der Waals surface area contributed by atoms with E-state index in [1.165, 1.54) is 0 Å². The van der Waals surface area contributed by atoms with Gasteiger partial charge in [0.05, 0.1) is 6.20 Å². The van der Waals surface area contributed by atoms with Crippen molar-refractivity contribution in [2.24, 2.45) is 0 Å². The minimum Gasteiger partial charge on any atom is -0.159 e. The second-order valence-electron chi connectivity index (χ2n) is 1.69. The fraction of sp³-hybridized carbons (Fsp3) is 0.143. The highest BCUT2D eigenvalue weighted by atomic mass is 15.1. The van der Waals surface area contributed by atoms with Crippen molar-refractivity contribution >= 4 is 0 Å². The Morgan fingerprint density at radius 3 is 3.00 bits per heavy atom. The van der Waals surface area contributed by atoms with E-state index in [1.54, 1.807) is 18.5 Å². The molecule has 0 unspecified atom stereocenters. The van der Waals surface area contributed by atoms with Gasteiger partial charge in [-0.15, -0.1) is 0 Å². The second kappa shape index (κ2) is 2.97. The SMILES string of the molecule is [CH]=CCc1ccnnc1. The molecule has 0 saturated carbocycles. The molecule has 0 fully saturated rings. The number of rotatable bonds is 2. The molecular formula is C7H7N2. The van der Waals surface area contributed by atoms with Crippen molar-refractivity contribution in [1.82, 2.24) is 10.2 Å². The normalized spacial score (nSPS) is 8.89. The predicted molar refractivity (Wildman–Crippen MR) is 34.6 cm³/mol. The van der Waals surface area contributed by atoms with E-state index in [2.05, 4.69) is 10.2 Å². The molecule has 0 aliphatic rings. The van der Waals surface area contributed by atoms with Crippen LogP contribution in [0.5, 0.6) is 0 Å². The lowest BCUT2D eigenvalue weighted by atomic mass is 10.2. The molecule has 1 rings (SSSR count). The molecule has 1 aromatic rings. The Balaban J connectivity index is 2.72. The maximum Gasteiger partial charge on any atom is 0.0531 e. The van der Waals surface area contributed by atoms with Crippen LogP contribution in [0.15, 0.2) is 24.5 Å². The lowest BCUT2D eigenvalue weighted by Gasteiger charge is -1.89. The van der Waals surface area contributed by atoms with E-state index in [0.717, 1.165) is 12.0 Å². The third-order valence-electron chi connectivity index (χ3n) is 0.999. The summed E-state index contributed by atoms with van der Waals surface area (Å²) in [6, 6.07) is 1.89. The molecule has 0 atom stereocenters. The molecule has 1 aromatic heterocycles. The first-order chi connectivity index (χ1) is 4.43. The zero-order chi connectivity index (χ0) is 6.53. The predicted octanol–water partition coefficient (Wildman–Crippen LogP) is 1.01. The smallest absolute Gasteiger partial charge is 0.0531 e. The number of aromatic nitrogens is 2. The highest BCUT2D eigenvalue weighted by Gasteiger charge is 1.84. The summed E-state index contributed by atoms with van der Waals surface area (Å²) in [4.78, 5) is 0. The van der Waals surface area contributed by atoms with E-state index in [9.17, 15) is 0 Å². The number of hydrogen-bond donors (Lipinski definition) is 0. The third kappa shape index (κ3) is 1.64. The summed E-state index contributed by atoms with van der Waals surface area (Å²) in [5.74, 6) is 0. The zero-order valence-corrected chi connectivity index (χ0v) is 4.99. The van der Waals surface area contributed by atoms with Crippen LogP contribution >= 0.6 is 0 Å². The van der Waals surface area contributed by atoms with Crippen LogP contribution in [0, 0.1) is 6.58 Å². The van der Waals surface area contributed by atoms with Crippen LogP contribution < -0.4 is 0 Å². The molecule has 0 N–H and O–H groups in total. The van der Waals surface area contributed by atoms with Crippen LogP contribution in [0.4, 0.5) is 0 Å². The lowest BCUT2D eigenvalue weighted by molar-refractivity contribution is 1.00. The molecule has 0 aliphatic heterocycles. The highest BCUT2D eigenvalue weighted by Crippen LogP contribution is 1.93. The largest absolute Gasteiger partial charge is 0.159 e. The summed E-state index contributed by atoms with van der Waals surface area (Å²) in [5.41, 5.74) is 1.09. The minimum absolute atomic E-state index is 0.759. The number of hydrogen-bond acceptors (Lipinski definition) is 2. The van der Waals surface area contributed by atoms with Gasteiger partial charge in [-0.05, 0) is 18.1 Å². The number of nitrogens with zero attached hydrogens (tertiary/aromatic N) is 2. The van der Waals surface area contributed by atoms with Gasteiger partial charge in [0.1, 0.15) is 0 Å². The Morgan fingerprint density at radius 1 is 1.56 bits per heavy atom. The molecule has 0 saturated heterocycles. The van der Waals surface area contributed by atoms with Gasteiger partial charge in [0.15, 0.2) is 0 Å². The summed E-state index contributed by atoms with van der Waals surface area (Å²) in [5, 5.41) is 7.30. The molecule has 0 amide bonds.